The van der Waals surface area contributed by atoms with Crippen molar-refractivity contribution in [2.45, 2.75) is 5.75 Å². The summed E-state index contributed by atoms with van der Waals surface area (Å²) in [6, 6.07) is 7.75. The normalized spacial score (nSPS) is 11.2. The lowest BCUT2D eigenvalue weighted by Crippen LogP contribution is -2.19. The summed E-state index contributed by atoms with van der Waals surface area (Å²) in [6.45, 7) is 0.368. The Bertz CT molecular complexity index is 370. The summed E-state index contributed by atoms with van der Waals surface area (Å²) < 4.78 is 39.0. The van der Waals surface area contributed by atoms with Crippen LogP contribution in [-0.2, 0) is 16.6 Å². The van der Waals surface area contributed by atoms with E-state index in [1.54, 1.807) is 0 Å². The van der Waals surface area contributed by atoms with Crippen molar-refractivity contribution in [3.8, 4) is 0 Å². The van der Waals surface area contributed by atoms with Crippen LogP contribution in [0.15, 0.2) is 24.3 Å². The molecule has 0 atom stereocenters. The first kappa shape index (κ1) is 19.6. The Morgan fingerprint density at radius 3 is 1.95 bits per heavy atom. The highest BCUT2D eigenvalue weighted by Crippen LogP contribution is 2.14. The van der Waals surface area contributed by atoms with Gasteiger partial charge in [0.1, 0.15) is 17.3 Å². The predicted octanol–water partition coefficient (Wildman–Crippen LogP) is 2.74. The minimum absolute atomic E-state index is 0.0576. The molecule has 0 radical (unpaired) electrons. The van der Waals surface area contributed by atoms with Gasteiger partial charge < -0.3 is 27.5 Å². The standard InChI is InChI=1S/C11H16ClO2S.BF4/c12-11-3-1-2-10(8-11)9-15(6-4-13)7-5-14;2-1(3,4)5/h1-3,8,13-14H,4-7,9H2;/q+1;-1. The topological polar surface area (TPSA) is 40.5 Å². The van der Waals surface area contributed by atoms with Gasteiger partial charge >= 0.3 is 7.25 Å². The number of benzene rings is 1. The Kier molecular flexibility index (Phi) is 10.1. The second-order valence-electron chi connectivity index (χ2n) is 3.74. The third kappa shape index (κ3) is 12.6. The molecular formula is C11H16BClF4O2S. The fraction of sp³-hybridized carbons (Fsp3) is 0.455. The van der Waals surface area contributed by atoms with Crippen molar-refractivity contribution >= 4 is 29.8 Å². The number of halogens is 5. The lowest BCUT2D eigenvalue weighted by atomic mass is 10.2. The Morgan fingerprint density at radius 1 is 1.05 bits per heavy atom. The predicted molar refractivity (Wildman–Crippen MR) is 76.6 cm³/mol. The third-order valence-corrected chi connectivity index (χ3v) is 4.52. The van der Waals surface area contributed by atoms with Gasteiger partial charge in [-0.3, -0.25) is 0 Å². The maximum atomic E-state index is 9.75. The number of hydrogen-bond acceptors (Lipinski definition) is 2. The fourth-order valence-corrected chi connectivity index (χ4v) is 3.24. The van der Waals surface area contributed by atoms with Crippen LogP contribution in [0.25, 0.3) is 0 Å². The van der Waals surface area contributed by atoms with Gasteiger partial charge in [0, 0.05) is 10.6 Å². The van der Waals surface area contributed by atoms with Gasteiger partial charge in [0.2, 0.25) is 0 Å². The average molecular weight is 335 g/mol. The summed E-state index contributed by atoms with van der Waals surface area (Å²) >= 11 is 5.89. The van der Waals surface area contributed by atoms with E-state index in [0.29, 0.717) is 0 Å². The highest BCUT2D eigenvalue weighted by Gasteiger charge is 2.20. The fourth-order valence-electron chi connectivity index (χ4n) is 1.37. The lowest BCUT2D eigenvalue weighted by Gasteiger charge is -2.06. The van der Waals surface area contributed by atoms with Crippen LogP contribution in [-0.4, -0.2) is 42.2 Å². The van der Waals surface area contributed by atoms with Gasteiger partial charge in [0.05, 0.1) is 13.2 Å². The molecule has 1 aromatic carbocycles. The Morgan fingerprint density at radius 2 is 1.55 bits per heavy atom. The molecule has 0 spiro atoms. The summed E-state index contributed by atoms with van der Waals surface area (Å²) in [5.74, 6) is 2.40. The molecule has 9 heteroatoms. The second-order valence-corrected chi connectivity index (χ2v) is 6.50. The highest BCUT2D eigenvalue weighted by molar-refractivity contribution is 7.96. The van der Waals surface area contributed by atoms with Crippen LogP contribution in [0.2, 0.25) is 5.02 Å². The van der Waals surface area contributed by atoms with Crippen LogP contribution in [0.1, 0.15) is 5.56 Å². The van der Waals surface area contributed by atoms with Gasteiger partial charge in [-0.05, 0) is 23.0 Å². The molecule has 0 bridgehead atoms. The molecule has 1 rings (SSSR count). The summed E-state index contributed by atoms with van der Waals surface area (Å²) in [7, 11) is -5.94. The summed E-state index contributed by atoms with van der Waals surface area (Å²) in [6.07, 6.45) is 0. The molecule has 0 saturated heterocycles. The molecule has 0 heterocycles. The maximum Gasteiger partial charge on any atom is 0.673 e. The van der Waals surface area contributed by atoms with E-state index < -0.39 is 7.25 Å². The molecule has 0 unspecified atom stereocenters. The monoisotopic (exact) mass is 334 g/mol. The minimum Gasteiger partial charge on any atom is -0.418 e. The summed E-state index contributed by atoms with van der Waals surface area (Å²) in [5, 5.41) is 18.5. The van der Waals surface area contributed by atoms with Crippen molar-refractivity contribution in [3.63, 3.8) is 0 Å². The maximum absolute atomic E-state index is 9.75. The van der Waals surface area contributed by atoms with E-state index in [1.807, 2.05) is 24.3 Å². The average Bonchev–Trinajstić information content (AvgIpc) is 2.27. The van der Waals surface area contributed by atoms with E-state index in [-0.39, 0.29) is 24.1 Å². The van der Waals surface area contributed by atoms with E-state index in [2.05, 4.69) is 0 Å². The molecule has 1 aromatic rings. The van der Waals surface area contributed by atoms with Gasteiger partial charge in [-0.25, -0.2) is 0 Å². The van der Waals surface area contributed by atoms with E-state index in [0.717, 1.165) is 22.3 Å². The van der Waals surface area contributed by atoms with Gasteiger partial charge in [-0.2, -0.15) is 0 Å². The first-order chi connectivity index (χ1) is 9.26. The molecule has 2 nitrogen and oxygen atoms in total. The van der Waals surface area contributed by atoms with Crippen molar-refractivity contribution in [3.05, 3.63) is 34.9 Å². The third-order valence-electron chi connectivity index (χ3n) is 2.02. The molecule has 0 aliphatic rings. The number of aliphatic hydroxyl groups is 2. The molecule has 0 aromatic heterocycles. The highest BCUT2D eigenvalue weighted by atomic mass is 35.5. The zero-order valence-electron chi connectivity index (χ0n) is 10.6. The number of aliphatic hydroxyl groups excluding tert-OH is 2. The molecule has 2 N–H and O–H groups in total. The lowest BCUT2D eigenvalue weighted by molar-refractivity contribution is 0.316. The Labute approximate surface area is 123 Å². The van der Waals surface area contributed by atoms with Gasteiger partial charge in [0.15, 0.2) is 0 Å². The van der Waals surface area contributed by atoms with Crippen molar-refractivity contribution in [1.29, 1.82) is 0 Å². The van der Waals surface area contributed by atoms with Crippen LogP contribution >= 0.6 is 11.6 Å². The van der Waals surface area contributed by atoms with E-state index >= 15 is 0 Å². The van der Waals surface area contributed by atoms with Crippen LogP contribution in [0.3, 0.4) is 0 Å². The van der Waals surface area contributed by atoms with Crippen LogP contribution in [0.5, 0.6) is 0 Å². The quantitative estimate of drug-likeness (QED) is 0.477. The molecule has 116 valence electrons. The van der Waals surface area contributed by atoms with E-state index in [4.69, 9.17) is 21.8 Å². The summed E-state index contributed by atoms with van der Waals surface area (Å²) in [5.41, 5.74) is 1.17. The van der Waals surface area contributed by atoms with Gasteiger partial charge in [-0.1, -0.05) is 23.7 Å². The Balaban J connectivity index is 0.000000621. The molecule has 0 saturated carbocycles. The summed E-state index contributed by atoms with van der Waals surface area (Å²) in [4.78, 5) is 0. The number of rotatable bonds is 6. The van der Waals surface area contributed by atoms with E-state index in [9.17, 15) is 17.3 Å². The zero-order valence-corrected chi connectivity index (χ0v) is 12.2. The van der Waals surface area contributed by atoms with Crippen LogP contribution in [0.4, 0.5) is 17.3 Å². The second kappa shape index (κ2) is 10.3. The van der Waals surface area contributed by atoms with E-state index in [1.165, 1.54) is 5.56 Å². The number of hydrogen-bond donors (Lipinski definition) is 2. The SMILES string of the molecule is F[B-](F)(F)F.OCC[S+](CCO)Cc1cccc(Cl)c1. The smallest absolute Gasteiger partial charge is 0.418 e. The van der Waals surface area contributed by atoms with Crippen molar-refractivity contribution in [2.24, 2.45) is 0 Å². The first-order valence-corrected chi connectivity index (χ1v) is 7.85. The van der Waals surface area contributed by atoms with Gasteiger partial charge in [0.25, 0.3) is 0 Å². The van der Waals surface area contributed by atoms with Gasteiger partial charge in [-0.15, -0.1) is 0 Å². The first-order valence-electron chi connectivity index (χ1n) is 5.74. The molecule has 20 heavy (non-hydrogen) atoms. The molecule has 0 amide bonds. The minimum atomic E-state index is -6.00. The molecule has 0 fully saturated rings. The van der Waals surface area contributed by atoms with Crippen LogP contribution < -0.4 is 0 Å². The van der Waals surface area contributed by atoms with Crippen molar-refractivity contribution < 1.29 is 27.5 Å². The van der Waals surface area contributed by atoms with Crippen molar-refractivity contribution in [1.82, 2.24) is 0 Å². The Hall–Kier alpha value is -0.435. The zero-order chi connectivity index (χ0) is 15.6. The van der Waals surface area contributed by atoms with Crippen LogP contribution in [0, 0.1) is 0 Å². The molecule has 0 aliphatic heterocycles. The van der Waals surface area contributed by atoms with Crippen molar-refractivity contribution in [2.75, 3.05) is 24.7 Å². The largest absolute Gasteiger partial charge is 0.673 e. The molecular weight excluding hydrogens is 318 g/mol. The molecule has 0 aliphatic carbocycles.